The molecular weight excluding hydrogens is 314 g/mol. The number of amides is 1. The molecule has 0 heterocycles. The van der Waals surface area contributed by atoms with Crippen molar-refractivity contribution in [3.8, 4) is 5.75 Å². The third kappa shape index (κ3) is 3.58. The van der Waals surface area contributed by atoms with Gasteiger partial charge >= 0.3 is 0 Å². The van der Waals surface area contributed by atoms with E-state index < -0.39 is 0 Å². The molecule has 2 aromatic rings. The molecule has 0 aliphatic heterocycles. The predicted molar refractivity (Wildman–Crippen MR) is 97.0 cm³/mol. The highest BCUT2D eigenvalue weighted by molar-refractivity contribution is 6.04. The Morgan fingerprint density at radius 3 is 2.68 bits per heavy atom. The van der Waals surface area contributed by atoms with E-state index in [0.29, 0.717) is 17.7 Å². The van der Waals surface area contributed by atoms with Crippen LogP contribution in [-0.4, -0.2) is 18.3 Å². The van der Waals surface area contributed by atoms with Crippen molar-refractivity contribution in [3.05, 3.63) is 64.7 Å². The number of carbonyl (C=O) groups excluding carboxylic acids is 2. The normalized spacial score (nSPS) is 17.1. The van der Waals surface area contributed by atoms with Crippen LogP contribution in [0.3, 0.4) is 0 Å². The van der Waals surface area contributed by atoms with Gasteiger partial charge in [0.15, 0.2) is 12.4 Å². The Labute approximate surface area is 148 Å². The highest BCUT2D eigenvalue weighted by Gasteiger charge is 2.31. The molecule has 2 aromatic carbocycles. The predicted octanol–water partition coefficient (Wildman–Crippen LogP) is 3.94. The molecule has 25 heavy (non-hydrogen) atoms. The molecule has 0 saturated heterocycles. The second-order valence-electron chi connectivity index (χ2n) is 6.69. The van der Waals surface area contributed by atoms with E-state index in [-0.39, 0.29) is 30.3 Å². The van der Waals surface area contributed by atoms with Gasteiger partial charge in [0.2, 0.25) is 0 Å². The van der Waals surface area contributed by atoms with Crippen LogP contribution in [0.4, 0.5) is 0 Å². The molecule has 3 rings (SSSR count). The van der Waals surface area contributed by atoms with Gasteiger partial charge in [-0.05, 0) is 42.5 Å². The van der Waals surface area contributed by atoms with E-state index in [1.54, 1.807) is 6.07 Å². The molecule has 1 aliphatic carbocycles. The van der Waals surface area contributed by atoms with Gasteiger partial charge in [-0.1, -0.05) is 43.3 Å². The van der Waals surface area contributed by atoms with Crippen molar-refractivity contribution < 1.29 is 14.3 Å². The van der Waals surface area contributed by atoms with Gasteiger partial charge in [0.05, 0.1) is 11.6 Å². The molecule has 1 amide bonds. The fourth-order valence-corrected chi connectivity index (χ4v) is 3.48. The number of rotatable bonds is 5. The number of ketones is 1. The average Bonchev–Trinajstić information content (AvgIpc) is 2.90. The van der Waals surface area contributed by atoms with Crippen molar-refractivity contribution in [3.63, 3.8) is 0 Å². The quantitative estimate of drug-likeness (QED) is 0.899. The summed E-state index contributed by atoms with van der Waals surface area (Å²) in [5.41, 5.74) is 3.84. The monoisotopic (exact) mass is 337 g/mol. The summed E-state index contributed by atoms with van der Waals surface area (Å²) in [5.74, 6) is 0.610. The number of hydrogen-bond donors (Lipinski definition) is 1. The molecule has 1 aliphatic rings. The minimum atomic E-state index is -0.204. The van der Waals surface area contributed by atoms with Crippen LogP contribution < -0.4 is 10.1 Å². The van der Waals surface area contributed by atoms with E-state index in [4.69, 9.17) is 4.74 Å². The number of fused-ring (bicyclic) bond motifs is 1. The summed E-state index contributed by atoms with van der Waals surface area (Å²) >= 11 is 0. The minimum absolute atomic E-state index is 0.0947. The maximum absolute atomic E-state index is 12.3. The Hall–Kier alpha value is -2.62. The average molecular weight is 337 g/mol. The van der Waals surface area contributed by atoms with Crippen molar-refractivity contribution in [2.45, 2.75) is 39.2 Å². The Morgan fingerprint density at radius 1 is 1.24 bits per heavy atom. The Kier molecular flexibility index (Phi) is 4.88. The maximum Gasteiger partial charge on any atom is 0.258 e. The van der Waals surface area contributed by atoms with E-state index >= 15 is 0 Å². The summed E-state index contributed by atoms with van der Waals surface area (Å²) in [7, 11) is 0. The van der Waals surface area contributed by atoms with Gasteiger partial charge < -0.3 is 10.1 Å². The van der Waals surface area contributed by atoms with Gasteiger partial charge in [0, 0.05) is 6.42 Å². The Balaban J connectivity index is 1.67. The number of ether oxygens (including phenoxy) is 1. The molecule has 0 bridgehead atoms. The molecule has 0 aromatic heterocycles. The van der Waals surface area contributed by atoms with Crippen molar-refractivity contribution >= 4 is 11.7 Å². The summed E-state index contributed by atoms with van der Waals surface area (Å²) in [6.45, 7) is 5.89. The number of carbonyl (C=O) groups is 2. The zero-order valence-electron chi connectivity index (χ0n) is 14.8. The third-order valence-electron chi connectivity index (χ3n) is 4.72. The summed E-state index contributed by atoms with van der Waals surface area (Å²) < 4.78 is 5.69. The Bertz CT molecular complexity index is 798. The summed E-state index contributed by atoms with van der Waals surface area (Å²) in [6, 6.07) is 13.4. The molecule has 0 spiro atoms. The molecule has 1 N–H and O–H groups in total. The van der Waals surface area contributed by atoms with Gasteiger partial charge in [0.25, 0.3) is 5.91 Å². The number of aryl methyl sites for hydroxylation is 1. The van der Waals surface area contributed by atoms with E-state index in [0.717, 1.165) is 16.7 Å². The van der Waals surface area contributed by atoms with Crippen molar-refractivity contribution in [2.24, 2.45) is 0 Å². The highest BCUT2D eigenvalue weighted by atomic mass is 16.5. The number of hydrogen-bond acceptors (Lipinski definition) is 3. The van der Waals surface area contributed by atoms with Gasteiger partial charge in [-0.25, -0.2) is 0 Å². The molecule has 0 fully saturated rings. The van der Waals surface area contributed by atoms with E-state index in [1.807, 2.05) is 50.2 Å². The van der Waals surface area contributed by atoms with E-state index in [1.165, 1.54) is 0 Å². The van der Waals surface area contributed by atoms with E-state index in [2.05, 4.69) is 12.2 Å². The van der Waals surface area contributed by atoms with Crippen LogP contribution in [0.25, 0.3) is 0 Å². The highest BCUT2D eigenvalue weighted by Crippen LogP contribution is 2.40. The fraction of sp³-hybridized carbons (Fsp3) is 0.333. The number of Topliss-reactive ketones (excluding diaryl/α,β-unsaturated/α-hetero) is 1. The lowest BCUT2D eigenvalue weighted by atomic mass is 9.97. The lowest BCUT2D eigenvalue weighted by Crippen LogP contribution is -2.31. The molecular formula is C21H23NO3. The third-order valence-corrected chi connectivity index (χ3v) is 4.72. The van der Waals surface area contributed by atoms with Crippen molar-refractivity contribution in [2.75, 3.05) is 6.61 Å². The first-order valence-corrected chi connectivity index (χ1v) is 8.61. The molecule has 0 radical (unpaired) electrons. The van der Waals surface area contributed by atoms with Crippen LogP contribution in [0.15, 0.2) is 42.5 Å². The van der Waals surface area contributed by atoms with Crippen LogP contribution in [-0.2, 0) is 4.79 Å². The zero-order chi connectivity index (χ0) is 18.0. The van der Waals surface area contributed by atoms with Crippen LogP contribution in [0.2, 0.25) is 0 Å². The largest absolute Gasteiger partial charge is 0.483 e. The second-order valence-corrected chi connectivity index (χ2v) is 6.69. The topological polar surface area (TPSA) is 55.4 Å². The second kappa shape index (κ2) is 7.09. The first-order valence-electron chi connectivity index (χ1n) is 8.61. The number of nitrogens with one attached hydrogen (secondary N) is 1. The standard InChI is InChI=1S/C21H23NO3/c1-13-9-10-18(21-17(23)11-14(2)20(13)21)25-12-19(24)22-15(3)16-7-5-4-6-8-16/h4-10,14-15H,11-12H2,1-3H3,(H,22,24)/t14-,15+/m0/s1. The summed E-state index contributed by atoms with van der Waals surface area (Å²) in [5, 5.41) is 2.92. The first kappa shape index (κ1) is 17.2. The molecule has 0 saturated carbocycles. The van der Waals surface area contributed by atoms with Gasteiger partial charge in [0.1, 0.15) is 5.75 Å². The molecule has 130 valence electrons. The van der Waals surface area contributed by atoms with Crippen molar-refractivity contribution in [1.82, 2.24) is 5.32 Å². The van der Waals surface area contributed by atoms with Gasteiger partial charge in [-0.3, -0.25) is 9.59 Å². The van der Waals surface area contributed by atoms with Crippen LogP contribution in [0.1, 0.15) is 59.3 Å². The SMILES string of the molecule is Cc1ccc(OCC(=O)N[C@H](C)c2ccccc2)c2c1[C@@H](C)CC2=O. The molecule has 2 atom stereocenters. The van der Waals surface area contributed by atoms with Gasteiger partial charge in [-0.15, -0.1) is 0 Å². The smallest absolute Gasteiger partial charge is 0.258 e. The summed E-state index contributed by atoms with van der Waals surface area (Å²) in [4.78, 5) is 24.5. The molecule has 4 heteroatoms. The Morgan fingerprint density at radius 2 is 1.96 bits per heavy atom. The van der Waals surface area contributed by atoms with Crippen LogP contribution >= 0.6 is 0 Å². The van der Waals surface area contributed by atoms with Crippen LogP contribution in [0, 0.1) is 6.92 Å². The number of benzene rings is 2. The fourth-order valence-electron chi connectivity index (χ4n) is 3.48. The molecule has 0 unspecified atom stereocenters. The van der Waals surface area contributed by atoms with Gasteiger partial charge in [-0.2, -0.15) is 0 Å². The lowest BCUT2D eigenvalue weighted by molar-refractivity contribution is -0.123. The molecule has 4 nitrogen and oxygen atoms in total. The zero-order valence-corrected chi connectivity index (χ0v) is 14.8. The first-order chi connectivity index (χ1) is 12.0. The summed E-state index contributed by atoms with van der Waals surface area (Å²) in [6.07, 6.45) is 0.508. The lowest BCUT2D eigenvalue weighted by Gasteiger charge is -2.16. The maximum atomic E-state index is 12.3. The van der Waals surface area contributed by atoms with Crippen LogP contribution in [0.5, 0.6) is 5.75 Å². The van der Waals surface area contributed by atoms with E-state index in [9.17, 15) is 9.59 Å². The van der Waals surface area contributed by atoms with Crippen molar-refractivity contribution in [1.29, 1.82) is 0 Å². The minimum Gasteiger partial charge on any atom is -0.483 e.